The lowest BCUT2D eigenvalue weighted by molar-refractivity contribution is 0.148. The Kier molecular flexibility index (Phi) is 3.26. The Bertz CT molecular complexity index is 616. The molecule has 0 aromatic carbocycles. The number of aliphatic hydroxyl groups is 1. The molecule has 1 unspecified atom stereocenters. The normalized spacial score (nSPS) is 12.7. The minimum atomic E-state index is -0.796. The number of nitrogens with one attached hydrogen (secondary N) is 2. The lowest BCUT2D eigenvalue weighted by Gasteiger charge is -2.09. The molecule has 7 nitrogen and oxygen atoms in total. The summed E-state index contributed by atoms with van der Waals surface area (Å²) in [4.78, 5) is 18.2. The Hall–Kier alpha value is -1.99. The molecule has 2 aromatic heterocycles. The van der Waals surface area contributed by atoms with Gasteiger partial charge in [-0.1, -0.05) is 0 Å². The van der Waals surface area contributed by atoms with Gasteiger partial charge in [0.05, 0.1) is 11.9 Å². The van der Waals surface area contributed by atoms with Crippen LogP contribution >= 0.6 is 0 Å². The average molecular weight is 249 g/mol. The Morgan fingerprint density at radius 3 is 2.83 bits per heavy atom. The van der Waals surface area contributed by atoms with Crippen LogP contribution in [0.15, 0.2) is 17.1 Å². The molecule has 0 aliphatic heterocycles. The van der Waals surface area contributed by atoms with Crippen LogP contribution in [0.4, 0.5) is 0 Å². The highest BCUT2D eigenvalue weighted by atomic mass is 16.3. The van der Waals surface area contributed by atoms with Crippen molar-refractivity contribution in [2.24, 2.45) is 0 Å². The van der Waals surface area contributed by atoms with Gasteiger partial charge in [-0.25, -0.2) is 9.67 Å². The molecule has 2 rings (SSSR count). The van der Waals surface area contributed by atoms with Crippen molar-refractivity contribution in [1.82, 2.24) is 25.1 Å². The zero-order chi connectivity index (χ0) is 13.3. The lowest BCUT2D eigenvalue weighted by atomic mass is 10.2. The van der Waals surface area contributed by atoms with E-state index >= 15 is 0 Å². The summed E-state index contributed by atoms with van der Waals surface area (Å²) in [6.07, 6.45) is 0.744. The molecule has 0 radical (unpaired) electrons. The van der Waals surface area contributed by atoms with Crippen molar-refractivity contribution in [2.75, 3.05) is 7.05 Å². The fourth-order valence-electron chi connectivity index (χ4n) is 1.72. The van der Waals surface area contributed by atoms with E-state index in [-0.39, 0.29) is 5.56 Å². The van der Waals surface area contributed by atoms with Crippen LogP contribution in [0.3, 0.4) is 0 Å². The van der Waals surface area contributed by atoms with Crippen LogP contribution in [0.1, 0.15) is 23.2 Å². The zero-order valence-electron chi connectivity index (χ0n) is 10.4. The number of rotatable bonds is 3. The van der Waals surface area contributed by atoms with Crippen LogP contribution in [0.2, 0.25) is 0 Å². The molecule has 0 aliphatic rings. The summed E-state index contributed by atoms with van der Waals surface area (Å²) in [6, 6.07) is 1.41. The number of aliphatic hydroxyl groups excluding tert-OH is 1. The number of nitrogens with zero attached hydrogens (tertiary/aromatic N) is 3. The summed E-state index contributed by atoms with van der Waals surface area (Å²) < 4.78 is 1.49. The molecule has 0 bridgehead atoms. The summed E-state index contributed by atoms with van der Waals surface area (Å²) in [5, 5.41) is 16.6. The number of hydrogen-bond donors (Lipinski definition) is 3. The summed E-state index contributed by atoms with van der Waals surface area (Å²) in [6.45, 7) is 3.53. The Morgan fingerprint density at radius 2 is 2.22 bits per heavy atom. The van der Waals surface area contributed by atoms with Crippen molar-refractivity contribution in [3.63, 3.8) is 0 Å². The van der Waals surface area contributed by atoms with Gasteiger partial charge in [0.15, 0.2) is 0 Å². The predicted molar refractivity (Wildman–Crippen MR) is 65.5 cm³/mol. The summed E-state index contributed by atoms with van der Waals surface area (Å²) >= 11 is 0. The van der Waals surface area contributed by atoms with Crippen LogP contribution < -0.4 is 10.9 Å². The molecule has 0 saturated carbocycles. The zero-order valence-corrected chi connectivity index (χ0v) is 10.4. The van der Waals surface area contributed by atoms with Crippen molar-refractivity contribution < 1.29 is 5.11 Å². The average Bonchev–Trinajstić information content (AvgIpc) is 2.69. The molecule has 0 spiro atoms. The molecule has 3 N–H and O–H groups in total. The van der Waals surface area contributed by atoms with Gasteiger partial charge in [0, 0.05) is 17.3 Å². The fourth-order valence-corrected chi connectivity index (χ4v) is 1.72. The summed E-state index contributed by atoms with van der Waals surface area (Å²) in [7, 11) is 1.65. The standard InChI is InChI=1S/C11H15N5O2/c1-6-4-9(17)15-11(14-6)16-7(2)8(5-13-16)10(18)12-3/h4-5,10,12,18H,1-3H3,(H,14,15,17). The lowest BCUT2D eigenvalue weighted by Crippen LogP contribution is -2.17. The van der Waals surface area contributed by atoms with E-state index in [0.29, 0.717) is 22.9 Å². The van der Waals surface area contributed by atoms with Crippen LogP contribution in [0.5, 0.6) is 0 Å². The number of aromatic nitrogens is 4. The van der Waals surface area contributed by atoms with Gasteiger partial charge in [-0.15, -0.1) is 0 Å². The van der Waals surface area contributed by atoms with Gasteiger partial charge in [0.2, 0.25) is 5.95 Å². The highest BCUT2D eigenvalue weighted by molar-refractivity contribution is 5.25. The Labute approximate surface area is 104 Å². The van der Waals surface area contributed by atoms with Crippen LogP contribution in [-0.4, -0.2) is 31.9 Å². The fraction of sp³-hybridized carbons (Fsp3) is 0.364. The van der Waals surface area contributed by atoms with Gasteiger partial charge in [-0.3, -0.25) is 15.1 Å². The Balaban J connectivity index is 2.52. The third-order valence-corrected chi connectivity index (χ3v) is 2.67. The first-order chi connectivity index (χ1) is 8.52. The van der Waals surface area contributed by atoms with E-state index in [9.17, 15) is 9.90 Å². The summed E-state index contributed by atoms with van der Waals surface area (Å²) in [5.41, 5.74) is 1.73. The van der Waals surface area contributed by atoms with Crippen LogP contribution in [-0.2, 0) is 0 Å². The summed E-state index contributed by atoms with van der Waals surface area (Å²) in [5.74, 6) is 0.340. The number of hydrogen-bond acceptors (Lipinski definition) is 5. The van der Waals surface area contributed by atoms with Gasteiger partial charge in [-0.2, -0.15) is 5.10 Å². The number of aromatic amines is 1. The van der Waals surface area contributed by atoms with Gasteiger partial charge in [0.25, 0.3) is 5.56 Å². The molecule has 0 saturated heterocycles. The van der Waals surface area contributed by atoms with E-state index < -0.39 is 6.23 Å². The minimum Gasteiger partial charge on any atom is -0.374 e. The molecule has 0 amide bonds. The van der Waals surface area contributed by atoms with Crippen molar-refractivity contribution in [1.29, 1.82) is 0 Å². The van der Waals surface area contributed by atoms with E-state index in [1.54, 1.807) is 27.1 Å². The second-order valence-corrected chi connectivity index (χ2v) is 4.00. The van der Waals surface area contributed by atoms with Crippen molar-refractivity contribution >= 4 is 0 Å². The number of H-pyrrole nitrogens is 1. The topological polar surface area (TPSA) is 95.8 Å². The molecule has 7 heteroatoms. The second kappa shape index (κ2) is 4.71. The maximum absolute atomic E-state index is 11.4. The smallest absolute Gasteiger partial charge is 0.252 e. The molecule has 1 atom stereocenters. The van der Waals surface area contributed by atoms with Gasteiger partial charge in [-0.05, 0) is 20.9 Å². The third kappa shape index (κ3) is 2.18. The Morgan fingerprint density at radius 1 is 1.50 bits per heavy atom. The highest BCUT2D eigenvalue weighted by Gasteiger charge is 2.15. The van der Waals surface area contributed by atoms with Gasteiger partial charge >= 0.3 is 0 Å². The van der Waals surface area contributed by atoms with Crippen LogP contribution in [0, 0.1) is 13.8 Å². The maximum Gasteiger partial charge on any atom is 0.252 e. The molecule has 2 aromatic rings. The SMILES string of the molecule is CNC(O)c1cnn(-c2nc(C)cc(=O)[nH]2)c1C. The van der Waals surface area contributed by atoms with Crippen molar-refractivity contribution in [3.05, 3.63) is 39.6 Å². The van der Waals surface area contributed by atoms with Gasteiger partial charge in [0.1, 0.15) is 6.23 Å². The predicted octanol–water partition coefficient (Wildman–Crippen LogP) is -0.217. The molecule has 0 aliphatic carbocycles. The maximum atomic E-state index is 11.4. The van der Waals surface area contributed by atoms with Crippen molar-refractivity contribution in [3.8, 4) is 5.95 Å². The van der Waals surface area contributed by atoms with Crippen molar-refractivity contribution in [2.45, 2.75) is 20.1 Å². The molecule has 0 fully saturated rings. The molecule has 96 valence electrons. The van der Waals surface area contributed by atoms with Gasteiger partial charge < -0.3 is 5.11 Å². The monoisotopic (exact) mass is 249 g/mol. The van der Waals surface area contributed by atoms with E-state index in [1.807, 2.05) is 0 Å². The third-order valence-electron chi connectivity index (χ3n) is 2.67. The minimum absolute atomic E-state index is 0.233. The van der Waals surface area contributed by atoms with E-state index in [1.165, 1.54) is 10.7 Å². The first-order valence-electron chi connectivity index (χ1n) is 5.51. The molecule has 2 heterocycles. The first kappa shape index (κ1) is 12.5. The highest BCUT2D eigenvalue weighted by Crippen LogP contribution is 2.16. The first-order valence-corrected chi connectivity index (χ1v) is 5.51. The molecule has 18 heavy (non-hydrogen) atoms. The number of aryl methyl sites for hydroxylation is 1. The largest absolute Gasteiger partial charge is 0.374 e. The van der Waals surface area contributed by atoms with E-state index in [0.717, 1.165) is 0 Å². The van der Waals surface area contributed by atoms with E-state index in [4.69, 9.17) is 0 Å². The van der Waals surface area contributed by atoms with Crippen LogP contribution in [0.25, 0.3) is 5.95 Å². The molecular formula is C11H15N5O2. The molecular weight excluding hydrogens is 234 g/mol. The quantitative estimate of drug-likeness (QED) is 0.654. The second-order valence-electron chi connectivity index (χ2n) is 4.00. The van der Waals surface area contributed by atoms with E-state index in [2.05, 4.69) is 20.4 Å².